The molecule has 1 heterocycles. The lowest BCUT2D eigenvalue weighted by Crippen LogP contribution is -2.41. The van der Waals surface area contributed by atoms with Crippen molar-refractivity contribution in [3.8, 4) is 5.75 Å². The lowest BCUT2D eigenvalue weighted by Gasteiger charge is -2.20. The zero-order valence-corrected chi connectivity index (χ0v) is 11.6. The lowest BCUT2D eigenvalue weighted by molar-refractivity contribution is 0.274. The van der Waals surface area contributed by atoms with E-state index in [0.29, 0.717) is 18.8 Å². The average molecular weight is 286 g/mol. The molecular weight excluding hydrogens is 268 g/mol. The molecule has 106 valence electrons. The molecule has 1 aliphatic heterocycles. The Hall–Kier alpha value is -1.15. The van der Waals surface area contributed by atoms with E-state index in [0.717, 1.165) is 5.56 Å². The molecular formula is C12H18N2O4S. The predicted molar refractivity (Wildman–Crippen MR) is 71.1 cm³/mol. The molecule has 2 N–H and O–H groups in total. The molecule has 0 spiro atoms. The van der Waals surface area contributed by atoms with Gasteiger partial charge in [0, 0.05) is 25.8 Å². The number of hydrogen-bond acceptors (Lipinski definition) is 4. The largest absolute Gasteiger partial charge is 0.491 e. The molecule has 0 bridgehead atoms. The highest BCUT2D eigenvalue weighted by molar-refractivity contribution is 7.87. The summed E-state index contributed by atoms with van der Waals surface area (Å²) < 4.78 is 33.4. The quantitative estimate of drug-likeness (QED) is 0.787. The Morgan fingerprint density at radius 1 is 1.47 bits per heavy atom. The summed E-state index contributed by atoms with van der Waals surface area (Å²) in [6, 6.07) is 7.01. The number of aliphatic hydroxyl groups is 1. The number of benzene rings is 1. The van der Waals surface area contributed by atoms with Gasteiger partial charge in [-0.3, -0.25) is 0 Å². The molecule has 7 heteroatoms. The van der Waals surface area contributed by atoms with Gasteiger partial charge in [-0.2, -0.15) is 17.4 Å². The van der Waals surface area contributed by atoms with Crippen LogP contribution in [0.3, 0.4) is 0 Å². The minimum Gasteiger partial charge on any atom is -0.491 e. The Balaban J connectivity index is 2.06. The monoisotopic (exact) mass is 286 g/mol. The van der Waals surface area contributed by atoms with Gasteiger partial charge in [-0.1, -0.05) is 18.2 Å². The fourth-order valence-electron chi connectivity index (χ4n) is 1.94. The van der Waals surface area contributed by atoms with E-state index in [-0.39, 0.29) is 19.2 Å². The van der Waals surface area contributed by atoms with E-state index in [1.165, 1.54) is 11.4 Å². The first-order valence-electron chi connectivity index (χ1n) is 6.11. The Kier molecular flexibility index (Phi) is 4.41. The summed E-state index contributed by atoms with van der Waals surface area (Å²) in [5.41, 5.74) is 0.849. The first-order chi connectivity index (χ1) is 9.04. The van der Waals surface area contributed by atoms with Crippen LogP contribution in [-0.4, -0.2) is 44.6 Å². The minimum atomic E-state index is -3.57. The van der Waals surface area contributed by atoms with Crippen molar-refractivity contribution < 1.29 is 18.3 Å². The molecule has 0 aromatic heterocycles. The maximum Gasteiger partial charge on any atom is 0.279 e. The highest BCUT2D eigenvalue weighted by atomic mass is 32.2. The van der Waals surface area contributed by atoms with Gasteiger partial charge in [-0.25, -0.2) is 0 Å². The van der Waals surface area contributed by atoms with Crippen molar-refractivity contribution in [3.05, 3.63) is 29.8 Å². The van der Waals surface area contributed by atoms with Crippen molar-refractivity contribution in [2.24, 2.45) is 0 Å². The molecule has 1 atom stereocenters. The number of hydrogen-bond donors (Lipinski definition) is 2. The van der Waals surface area contributed by atoms with Crippen molar-refractivity contribution in [2.45, 2.75) is 12.5 Å². The van der Waals surface area contributed by atoms with Gasteiger partial charge in [0.15, 0.2) is 0 Å². The van der Waals surface area contributed by atoms with Gasteiger partial charge in [-0.15, -0.1) is 0 Å². The van der Waals surface area contributed by atoms with E-state index < -0.39 is 10.2 Å². The van der Waals surface area contributed by atoms with Crippen LogP contribution in [-0.2, 0) is 10.2 Å². The van der Waals surface area contributed by atoms with Crippen LogP contribution in [0.2, 0.25) is 0 Å². The number of para-hydroxylation sites is 1. The lowest BCUT2D eigenvalue weighted by atomic mass is 10.1. The van der Waals surface area contributed by atoms with Gasteiger partial charge >= 0.3 is 0 Å². The second kappa shape index (κ2) is 5.87. The van der Waals surface area contributed by atoms with E-state index in [1.54, 1.807) is 0 Å². The van der Waals surface area contributed by atoms with Crippen LogP contribution in [0.5, 0.6) is 5.75 Å². The zero-order chi connectivity index (χ0) is 13.9. The van der Waals surface area contributed by atoms with Gasteiger partial charge in [0.25, 0.3) is 10.2 Å². The number of nitrogens with zero attached hydrogens (tertiary/aromatic N) is 1. The van der Waals surface area contributed by atoms with E-state index in [9.17, 15) is 8.42 Å². The Morgan fingerprint density at radius 3 is 2.95 bits per heavy atom. The van der Waals surface area contributed by atoms with Gasteiger partial charge in [0.05, 0.1) is 6.04 Å². The zero-order valence-electron chi connectivity index (χ0n) is 10.7. The first kappa shape index (κ1) is 14.3. The maximum atomic E-state index is 12.1. The van der Waals surface area contributed by atoms with E-state index >= 15 is 0 Å². The minimum absolute atomic E-state index is 0.0325. The standard InChI is InChI=1S/C12H18N2O4S/c1-14(7-4-8-15)19(16,17)13-11-9-18-12-6-3-2-5-10(11)12/h2-3,5-6,11,13,15H,4,7-9H2,1H3. The van der Waals surface area contributed by atoms with E-state index in [1.807, 2.05) is 24.3 Å². The van der Waals surface area contributed by atoms with Crippen LogP contribution in [0.4, 0.5) is 0 Å². The molecule has 6 nitrogen and oxygen atoms in total. The van der Waals surface area contributed by atoms with Crippen LogP contribution in [0.25, 0.3) is 0 Å². The summed E-state index contributed by atoms with van der Waals surface area (Å²) in [6.07, 6.45) is 0.412. The highest BCUT2D eigenvalue weighted by Crippen LogP contribution is 2.32. The van der Waals surface area contributed by atoms with Crippen molar-refractivity contribution in [3.63, 3.8) is 0 Å². The summed E-state index contributed by atoms with van der Waals surface area (Å²) >= 11 is 0. The summed E-state index contributed by atoms with van der Waals surface area (Å²) in [4.78, 5) is 0. The van der Waals surface area contributed by atoms with Crippen LogP contribution in [0.1, 0.15) is 18.0 Å². The highest BCUT2D eigenvalue weighted by Gasteiger charge is 2.29. The first-order valence-corrected chi connectivity index (χ1v) is 7.55. The molecule has 1 aromatic rings. The smallest absolute Gasteiger partial charge is 0.279 e. The fraction of sp³-hybridized carbons (Fsp3) is 0.500. The van der Waals surface area contributed by atoms with Gasteiger partial charge in [0.2, 0.25) is 0 Å². The summed E-state index contributed by atoms with van der Waals surface area (Å²) in [7, 11) is -2.08. The summed E-state index contributed by atoms with van der Waals surface area (Å²) in [5.74, 6) is 0.716. The second-order valence-electron chi connectivity index (χ2n) is 4.42. The molecule has 0 saturated heterocycles. The molecule has 19 heavy (non-hydrogen) atoms. The Morgan fingerprint density at radius 2 is 2.21 bits per heavy atom. The normalized spacial score (nSPS) is 18.4. The van der Waals surface area contributed by atoms with Gasteiger partial charge in [0.1, 0.15) is 12.4 Å². The number of ether oxygens (including phenoxy) is 1. The number of fused-ring (bicyclic) bond motifs is 1. The second-order valence-corrected chi connectivity index (χ2v) is 6.23. The summed E-state index contributed by atoms with van der Waals surface area (Å²) in [5, 5.41) is 8.73. The van der Waals surface area contributed by atoms with Crippen LogP contribution in [0.15, 0.2) is 24.3 Å². The van der Waals surface area contributed by atoms with Crippen molar-refractivity contribution >= 4 is 10.2 Å². The molecule has 1 aromatic carbocycles. The molecule has 2 rings (SSSR count). The van der Waals surface area contributed by atoms with Crippen LogP contribution < -0.4 is 9.46 Å². The average Bonchev–Trinajstić information content (AvgIpc) is 2.79. The van der Waals surface area contributed by atoms with Crippen LogP contribution >= 0.6 is 0 Å². The third kappa shape index (κ3) is 3.24. The van der Waals surface area contributed by atoms with E-state index in [2.05, 4.69) is 4.72 Å². The van der Waals surface area contributed by atoms with Crippen LogP contribution in [0, 0.1) is 0 Å². The summed E-state index contributed by atoms with van der Waals surface area (Å²) in [6.45, 7) is 0.544. The molecule has 1 unspecified atom stereocenters. The van der Waals surface area contributed by atoms with E-state index in [4.69, 9.17) is 9.84 Å². The molecule has 0 amide bonds. The molecule has 0 saturated carbocycles. The predicted octanol–water partition coefficient (Wildman–Crippen LogP) is 0.269. The Bertz CT molecular complexity index is 532. The third-order valence-electron chi connectivity index (χ3n) is 3.03. The van der Waals surface area contributed by atoms with Gasteiger partial charge < -0.3 is 9.84 Å². The third-order valence-corrected chi connectivity index (χ3v) is 4.62. The number of nitrogens with one attached hydrogen (secondary N) is 1. The molecule has 1 aliphatic rings. The topological polar surface area (TPSA) is 78.9 Å². The number of aliphatic hydroxyl groups excluding tert-OH is 1. The molecule has 0 aliphatic carbocycles. The maximum absolute atomic E-state index is 12.1. The van der Waals surface area contributed by atoms with Gasteiger partial charge in [-0.05, 0) is 12.5 Å². The van der Waals surface area contributed by atoms with Crippen molar-refractivity contribution in [1.82, 2.24) is 9.03 Å². The Labute approximate surface area is 113 Å². The molecule has 0 fully saturated rings. The number of rotatable bonds is 6. The van der Waals surface area contributed by atoms with Crippen molar-refractivity contribution in [1.29, 1.82) is 0 Å². The van der Waals surface area contributed by atoms with Crippen molar-refractivity contribution in [2.75, 3.05) is 26.8 Å². The molecule has 0 radical (unpaired) electrons. The fourth-order valence-corrected chi connectivity index (χ4v) is 3.05. The SMILES string of the molecule is CN(CCCO)S(=O)(=O)NC1COc2ccccc21.